The van der Waals surface area contributed by atoms with E-state index in [1.54, 1.807) is 16.5 Å². The lowest BCUT2D eigenvalue weighted by Gasteiger charge is -2.42. The Morgan fingerprint density at radius 3 is 2.78 bits per heavy atom. The topological polar surface area (TPSA) is 89.0 Å². The number of hydrogen-bond acceptors (Lipinski definition) is 7. The van der Waals surface area contributed by atoms with Crippen LogP contribution in [-0.2, 0) is 19.5 Å². The summed E-state index contributed by atoms with van der Waals surface area (Å²) in [6, 6.07) is 0. The normalized spacial score (nSPS) is 27.1. The number of carbonyl (C=O) groups is 1. The lowest BCUT2D eigenvalue weighted by Crippen LogP contribution is -2.59. The smallest absolute Gasteiger partial charge is 0.283 e. The molecule has 2 aliphatic heterocycles. The summed E-state index contributed by atoms with van der Waals surface area (Å²) in [7, 11) is -3.35. The summed E-state index contributed by atoms with van der Waals surface area (Å²) in [6.45, 7) is 1.80. The first-order valence-electron chi connectivity index (χ1n) is 7.31. The molecule has 1 atom stereocenters. The number of rotatable bonds is 2. The van der Waals surface area contributed by atoms with Gasteiger partial charge in [0.25, 0.3) is 5.91 Å². The van der Waals surface area contributed by atoms with Gasteiger partial charge in [0.1, 0.15) is 0 Å². The number of hydrogen-bond donors (Lipinski definition) is 0. The summed E-state index contributed by atoms with van der Waals surface area (Å²) < 4.78 is 36.7. The van der Waals surface area contributed by atoms with E-state index in [0.717, 1.165) is 0 Å². The van der Waals surface area contributed by atoms with Crippen LogP contribution in [0.25, 0.3) is 0 Å². The molecule has 2 saturated heterocycles. The Bertz CT molecular complexity index is 663. The monoisotopic (exact) mass is 361 g/mol. The maximum absolute atomic E-state index is 12.5. The Hall–Kier alpha value is -1.07. The fourth-order valence-corrected chi connectivity index (χ4v) is 4.25. The van der Waals surface area contributed by atoms with Gasteiger partial charge in [0.2, 0.25) is 10.0 Å². The van der Waals surface area contributed by atoms with Crippen molar-refractivity contribution >= 4 is 27.3 Å². The van der Waals surface area contributed by atoms with Crippen LogP contribution in [0.2, 0.25) is 0 Å². The molecular weight excluding hydrogens is 342 g/mol. The van der Waals surface area contributed by atoms with Gasteiger partial charge in [-0.2, -0.15) is 4.31 Å². The SMILES string of the molecule is CS(=O)(=O)N1CCCOC2(CN(C(=O)c3nccs3)CCO2)C1. The molecular formula is C13H19N3O5S2. The van der Waals surface area contributed by atoms with Gasteiger partial charge in [-0.25, -0.2) is 13.4 Å². The molecule has 1 unspecified atom stereocenters. The fourth-order valence-electron chi connectivity index (χ4n) is 2.75. The highest BCUT2D eigenvalue weighted by atomic mass is 32.2. The summed E-state index contributed by atoms with van der Waals surface area (Å²) in [5.41, 5.74) is 0. The van der Waals surface area contributed by atoms with Gasteiger partial charge in [0, 0.05) is 24.7 Å². The van der Waals surface area contributed by atoms with Crippen LogP contribution in [0.5, 0.6) is 0 Å². The van der Waals surface area contributed by atoms with E-state index in [1.165, 1.54) is 21.9 Å². The van der Waals surface area contributed by atoms with Crippen molar-refractivity contribution in [3.05, 3.63) is 16.6 Å². The van der Waals surface area contributed by atoms with Gasteiger partial charge in [0.05, 0.1) is 32.6 Å². The third kappa shape index (κ3) is 3.72. The van der Waals surface area contributed by atoms with Crippen LogP contribution >= 0.6 is 11.3 Å². The second-order valence-corrected chi connectivity index (χ2v) is 8.50. The van der Waals surface area contributed by atoms with Crippen molar-refractivity contribution in [2.75, 3.05) is 45.6 Å². The molecule has 0 aromatic carbocycles. The summed E-state index contributed by atoms with van der Waals surface area (Å²) in [6.07, 6.45) is 3.35. The standard InChI is InChI=1S/C13H19N3O5S2/c1-23(18,19)16-4-2-6-20-13(10-16)9-15(5-7-21-13)12(17)11-14-3-8-22-11/h3,8H,2,4-7,9-10H2,1H3. The highest BCUT2D eigenvalue weighted by molar-refractivity contribution is 7.88. The summed E-state index contributed by atoms with van der Waals surface area (Å²) in [5, 5.41) is 2.16. The van der Waals surface area contributed by atoms with Crippen molar-refractivity contribution in [2.45, 2.75) is 12.2 Å². The molecule has 128 valence electrons. The number of sulfonamides is 1. The molecule has 0 N–H and O–H groups in total. The minimum absolute atomic E-state index is 0.0908. The molecule has 10 heteroatoms. The quantitative estimate of drug-likeness (QED) is 0.736. The molecule has 23 heavy (non-hydrogen) atoms. The third-order valence-electron chi connectivity index (χ3n) is 3.86. The largest absolute Gasteiger partial charge is 0.347 e. The van der Waals surface area contributed by atoms with Gasteiger partial charge in [-0.1, -0.05) is 0 Å². The highest BCUT2D eigenvalue weighted by Crippen LogP contribution is 2.26. The first-order valence-corrected chi connectivity index (χ1v) is 10.0. The molecule has 8 nitrogen and oxygen atoms in total. The van der Waals surface area contributed by atoms with Gasteiger partial charge in [0.15, 0.2) is 10.8 Å². The van der Waals surface area contributed by atoms with E-state index in [2.05, 4.69) is 4.98 Å². The van der Waals surface area contributed by atoms with E-state index < -0.39 is 15.8 Å². The van der Waals surface area contributed by atoms with Crippen LogP contribution in [0.15, 0.2) is 11.6 Å². The Kier molecular flexibility index (Phi) is 4.70. The lowest BCUT2D eigenvalue weighted by atomic mass is 10.2. The lowest BCUT2D eigenvalue weighted by molar-refractivity contribution is -0.257. The summed E-state index contributed by atoms with van der Waals surface area (Å²) >= 11 is 1.28. The average Bonchev–Trinajstić information content (AvgIpc) is 2.95. The van der Waals surface area contributed by atoms with E-state index in [9.17, 15) is 13.2 Å². The van der Waals surface area contributed by atoms with E-state index in [1.807, 2.05) is 0 Å². The number of ether oxygens (including phenoxy) is 2. The minimum atomic E-state index is -3.35. The van der Waals surface area contributed by atoms with Crippen molar-refractivity contribution in [3.8, 4) is 0 Å². The predicted molar refractivity (Wildman–Crippen MR) is 83.7 cm³/mol. The zero-order valence-electron chi connectivity index (χ0n) is 12.8. The first kappa shape index (κ1) is 16.8. The Morgan fingerprint density at radius 1 is 1.30 bits per heavy atom. The molecule has 0 aliphatic carbocycles. The third-order valence-corrected chi connectivity index (χ3v) is 5.87. The van der Waals surface area contributed by atoms with Crippen molar-refractivity contribution < 1.29 is 22.7 Å². The van der Waals surface area contributed by atoms with Crippen molar-refractivity contribution in [2.24, 2.45) is 0 Å². The number of thiazole rings is 1. The van der Waals surface area contributed by atoms with Crippen LogP contribution in [0, 0.1) is 0 Å². The molecule has 0 saturated carbocycles. The van der Waals surface area contributed by atoms with Crippen LogP contribution in [0.4, 0.5) is 0 Å². The molecule has 1 spiro atoms. The van der Waals surface area contributed by atoms with Gasteiger partial charge >= 0.3 is 0 Å². The molecule has 2 aliphatic rings. The molecule has 1 aromatic heterocycles. The second-order valence-electron chi connectivity index (χ2n) is 5.62. The maximum Gasteiger partial charge on any atom is 0.283 e. The molecule has 1 aromatic rings. The number of carbonyl (C=O) groups excluding carboxylic acids is 1. The van der Waals surface area contributed by atoms with Crippen LogP contribution in [0.3, 0.4) is 0 Å². The molecule has 0 bridgehead atoms. The number of aromatic nitrogens is 1. The number of amides is 1. The molecule has 1 amide bonds. The predicted octanol–water partition coefficient (Wildman–Crippen LogP) is -0.00630. The zero-order chi connectivity index (χ0) is 16.5. The fraction of sp³-hybridized carbons (Fsp3) is 0.692. The summed E-state index contributed by atoms with van der Waals surface area (Å²) in [5.74, 6) is -1.29. The van der Waals surface area contributed by atoms with Crippen LogP contribution in [0.1, 0.15) is 16.2 Å². The van der Waals surface area contributed by atoms with Crippen LogP contribution in [-0.4, -0.2) is 79.9 Å². The summed E-state index contributed by atoms with van der Waals surface area (Å²) in [4.78, 5) is 18.1. The van der Waals surface area contributed by atoms with Crippen molar-refractivity contribution in [3.63, 3.8) is 0 Å². The van der Waals surface area contributed by atoms with Crippen molar-refractivity contribution in [1.82, 2.24) is 14.2 Å². The molecule has 3 heterocycles. The molecule has 0 radical (unpaired) electrons. The van der Waals surface area contributed by atoms with Crippen molar-refractivity contribution in [1.29, 1.82) is 0 Å². The van der Waals surface area contributed by atoms with E-state index in [4.69, 9.17) is 9.47 Å². The van der Waals surface area contributed by atoms with E-state index in [0.29, 0.717) is 37.7 Å². The van der Waals surface area contributed by atoms with Gasteiger partial charge in [-0.3, -0.25) is 4.79 Å². The number of nitrogens with zero attached hydrogens (tertiary/aromatic N) is 3. The number of morpholine rings is 1. The Balaban J connectivity index is 1.79. The van der Waals surface area contributed by atoms with Crippen LogP contribution < -0.4 is 0 Å². The second kappa shape index (κ2) is 6.44. The van der Waals surface area contributed by atoms with E-state index >= 15 is 0 Å². The first-order chi connectivity index (χ1) is 10.9. The highest BCUT2D eigenvalue weighted by Gasteiger charge is 2.44. The van der Waals surface area contributed by atoms with Gasteiger partial charge in [-0.15, -0.1) is 11.3 Å². The van der Waals surface area contributed by atoms with Gasteiger partial charge in [-0.05, 0) is 6.42 Å². The van der Waals surface area contributed by atoms with E-state index in [-0.39, 0.29) is 19.0 Å². The molecule has 3 rings (SSSR count). The average molecular weight is 361 g/mol. The zero-order valence-corrected chi connectivity index (χ0v) is 14.4. The van der Waals surface area contributed by atoms with Gasteiger partial charge < -0.3 is 14.4 Å². The maximum atomic E-state index is 12.5. The Labute approximate surface area is 139 Å². The Morgan fingerprint density at radius 2 is 2.09 bits per heavy atom. The molecule has 2 fully saturated rings. The minimum Gasteiger partial charge on any atom is -0.347 e.